The molecule has 0 amide bonds. The standard InChI is InChI=1S/C35H62N2O2/c1-4-5-6-7-8-9-10-11-13-25-18-28-31-26(14-15-27(37-31)23-36-3)20-35-29(21-33(28,35)19-25)34(39)17-12-16-32(2,24-34)22-30(35)38/h25-31,36-39H,4-24H2,1-3H3/t25-,26-,27+,28-,29-,30-,31+,32-,33+,34+,35-/m0/s1. The van der Waals surface area contributed by atoms with Gasteiger partial charge in [-0.3, -0.25) is 0 Å². The summed E-state index contributed by atoms with van der Waals surface area (Å²) in [4.78, 5) is 0. The maximum Gasteiger partial charge on any atom is 0.0687 e. The van der Waals surface area contributed by atoms with Gasteiger partial charge in [0.25, 0.3) is 0 Å². The molecule has 4 N–H and O–H groups in total. The van der Waals surface area contributed by atoms with Crippen LogP contribution in [0.3, 0.4) is 0 Å². The second-order valence-electron chi connectivity index (χ2n) is 16.3. The lowest BCUT2D eigenvalue weighted by molar-refractivity contribution is -0.305. The third-order valence-corrected chi connectivity index (χ3v) is 13.9. The average Bonchev–Trinajstić information content (AvgIpc) is 3.28. The van der Waals surface area contributed by atoms with Gasteiger partial charge in [-0.05, 0) is 106 Å². The van der Waals surface area contributed by atoms with Gasteiger partial charge in [-0.2, -0.15) is 0 Å². The van der Waals surface area contributed by atoms with E-state index in [1.54, 1.807) is 0 Å². The zero-order valence-electron chi connectivity index (χ0n) is 25.8. The van der Waals surface area contributed by atoms with Crippen LogP contribution in [0.15, 0.2) is 0 Å². The van der Waals surface area contributed by atoms with Crippen LogP contribution in [0.4, 0.5) is 0 Å². The summed E-state index contributed by atoms with van der Waals surface area (Å²) in [6, 6.07) is 1.21. The SMILES string of the molecule is CCCCCCCCCC[C@H]1C[C@H]2[C@@H]3N[C@@H](CNC)CC[C@H]3C[C@@]34[C@@H](O)C[C@]5(C)CCC[C@@](O)(C5)[C@@H]3C[C@]24C1. The van der Waals surface area contributed by atoms with Crippen LogP contribution in [0.5, 0.6) is 0 Å². The Bertz CT molecular complexity index is 851. The Labute approximate surface area is 240 Å². The summed E-state index contributed by atoms with van der Waals surface area (Å²) in [6.07, 6.45) is 25.2. The summed E-state index contributed by atoms with van der Waals surface area (Å²) in [5, 5.41) is 32.3. The third kappa shape index (κ3) is 4.78. The van der Waals surface area contributed by atoms with Gasteiger partial charge < -0.3 is 20.8 Å². The molecule has 11 atom stereocenters. The second kappa shape index (κ2) is 11.2. The van der Waals surface area contributed by atoms with Crippen molar-refractivity contribution in [3.05, 3.63) is 0 Å². The van der Waals surface area contributed by atoms with Crippen molar-refractivity contribution in [2.24, 2.45) is 39.9 Å². The van der Waals surface area contributed by atoms with E-state index in [4.69, 9.17) is 0 Å². The molecule has 0 aromatic rings. The highest BCUT2D eigenvalue weighted by Gasteiger charge is 2.80. The van der Waals surface area contributed by atoms with E-state index < -0.39 is 5.60 Å². The number of aliphatic hydroxyl groups is 2. The third-order valence-electron chi connectivity index (χ3n) is 13.9. The van der Waals surface area contributed by atoms with E-state index in [0.29, 0.717) is 29.8 Å². The molecule has 1 aliphatic heterocycles. The number of unbranched alkanes of at least 4 members (excludes halogenated alkanes) is 7. The van der Waals surface area contributed by atoms with Gasteiger partial charge in [0.05, 0.1) is 11.7 Å². The highest BCUT2D eigenvalue weighted by molar-refractivity contribution is 5.29. The van der Waals surface area contributed by atoms with Gasteiger partial charge in [0.2, 0.25) is 0 Å². The fourth-order valence-electron chi connectivity index (χ4n) is 12.5. The van der Waals surface area contributed by atoms with E-state index in [9.17, 15) is 10.2 Å². The van der Waals surface area contributed by atoms with E-state index in [1.165, 1.54) is 103 Å². The lowest BCUT2D eigenvalue weighted by atomic mass is 9.31. The van der Waals surface area contributed by atoms with E-state index >= 15 is 0 Å². The Morgan fingerprint density at radius 2 is 1.69 bits per heavy atom. The fourth-order valence-corrected chi connectivity index (χ4v) is 12.5. The molecule has 2 bridgehead atoms. The van der Waals surface area contributed by atoms with Crippen molar-refractivity contribution in [3.8, 4) is 0 Å². The fraction of sp³-hybridized carbons (Fsp3) is 1.00. The van der Waals surface area contributed by atoms with Gasteiger partial charge >= 0.3 is 0 Å². The molecule has 6 aliphatic rings. The van der Waals surface area contributed by atoms with Crippen molar-refractivity contribution >= 4 is 0 Å². The molecule has 6 rings (SSSR count). The first-order valence-electron chi connectivity index (χ1n) is 17.6. The topological polar surface area (TPSA) is 64.5 Å². The van der Waals surface area contributed by atoms with Crippen molar-refractivity contribution in [2.45, 2.75) is 166 Å². The van der Waals surface area contributed by atoms with Crippen molar-refractivity contribution < 1.29 is 10.2 Å². The maximum absolute atomic E-state index is 12.3. The zero-order valence-corrected chi connectivity index (χ0v) is 25.8. The molecule has 224 valence electrons. The normalized spacial score (nSPS) is 50.2. The molecule has 0 aromatic heterocycles. The zero-order chi connectivity index (χ0) is 27.3. The summed E-state index contributed by atoms with van der Waals surface area (Å²) in [6.45, 7) is 5.76. The number of likely N-dealkylation sites (N-methyl/N-ethyl adjacent to an activating group) is 1. The molecule has 5 aliphatic carbocycles. The van der Waals surface area contributed by atoms with Crippen LogP contribution >= 0.6 is 0 Å². The number of aliphatic hydroxyl groups excluding tert-OH is 1. The molecule has 4 nitrogen and oxygen atoms in total. The largest absolute Gasteiger partial charge is 0.392 e. The van der Waals surface area contributed by atoms with Crippen LogP contribution in [0.2, 0.25) is 0 Å². The first kappa shape index (κ1) is 28.9. The predicted molar refractivity (Wildman–Crippen MR) is 161 cm³/mol. The van der Waals surface area contributed by atoms with Crippen LogP contribution in [-0.2, 0) is 0 Å². The molecule has 0 aromatic carbocycles. The summed E-state index contributed by atoms with van der Waals surface area (Å²) >= 11 is 0. The number of nitrogens with one attached hydrogen (secondary N) is 2. The minimum absolute atomic E-state index is 0.0404. The van der Waals surface area contributed by atoms with Crippen LogP contribution in [0.1, 0.15) is 142 Å². The second-order valence-corrected chi connectivity index (χ2v) is 16.3. The Balaban J connectivity index is 1.22. The molecule has 2 spiro atoms. The van der Waals surface area contributed by atoms with Crippen LogP contribution in [0, 0.1) is 39.9 Å². The maximum atomic E-state index is 12.3. The number of rotatable bonds is 11. The Morgan fingerprint density at radius 1 is 0.923 bits per heavy atom. The van der Waals surface area contributed by atoms with E-state index in [0.717, 1.165) is 38.1 Å². The van der Waals surface area contributed by atoms with Gasteiger partial charge in [0.15, 0.2) is 0 Å². The lowest BCUT2D eigenvalue weighted by Crippen LogP contribution is -2.76. The van der Waals surface area contributed by atoms with Crippen molar-refractivity contribution in [3.63, 3.8) is 0 Å². The summed E-state index contributed by atoms with van der Waals surface area (Å²) in [5.74, 6) is 2.50. The summed E-state index contributed by atoms with van der Waals surface area (Å²) in [5.41, 5.74) is -0.216. The van der Waals surface area contributed by atoms with Gasteiger partial charge in [-0.25, -0.2) is 0 Å². The van der Waals surface area contributed by atoms with E-state index in [2.05, 4.69) is 31.5 Å². The van der Waals surface area contributed by atoms with Crippen molar-refractivity contribution in [2.75, 3.05) is 13.6 Å². The highest BCUT2D eigenvalue weighted by Crippen LogP contribution is 2.82. The van der Waals surface area contributed by atoms with Crippen molar-refractivity contribution in [1.82, 2.24) is 10.6 Å². The Hall–Kier alpha value is -0.160. The van der Waals surface area contributed by atoms with Gasteiger partial charge in [-0.15, -0.1) is 0 Å². The van der Waals surface area contributed by atoms with Crippen LogP contribution < -0.4 is 10.6 Å². The molecular weight excluding hydrogens is 480 g/mol. The van der Waals surface area contributed by atoms with Crippen molar-refractivity contribution in [1.29, 1.82) is 0 Å². The molecule has 4 heteroatoms. The van der Waals surface area contributed by atoms with E-state index in [1.807, 2.05) is 0 Å². The monoisotopic (exact) mass is 542 g/mol. The van der Waals surface area contributed by atoms with Gasteiger partial charge in [0, 0.05) is 24.0 Å². The lowest BCUT2D eigenvalue weighted by Gasteiger charge is -2.75. The summed E-state index contributed by atoms with van der Waals surface area (Å²) in [7, 11) is 2.10. The first-order valence-corrected chi connectivity index (χ1v) is 17.6. The Morgan fingerprint density at radius 3 is 2.46 bits per heavy atom. The average molecular weight is 543 g/mol. The molecule has 39 heavy (non-hydrogen) atoms. The Kier molecular flexibility index (Phi) is 8.28. The molecule has 1 saturated heterocycles. The van der Waals surface area contributed by atoms with Gasteiger partial charge in [-0.1, -0.05) is 78.1 Å². The smallest absolute Gasteiger partial charge is 0.0687 e. The first-order chi connectivity index (χ1) is 18.8. The number of hydrogen-bond donors (Lipinski definition) is 4. The number of hydrogen-bond acceptors (Lipinski definition) is 4. The van der Waals surface area contributed by atoms with E-state index in [-0.39, 0.29) is 22.3 Å². The highest BCUT2D eigenvalue weighted by atomic mass is 16.3. The minimum Gasteiger partial charge on any atom is -0.392 e. The molecule has 0 unspecified atom stereocenters. The molecule has 1 heterocycles. The minimum atomic E-state index is -0.542. The quantitative estimate of drug-likeness (QED) is 0.213. The predicted octanol–water partition coefficient (Wildman–Crippen LogP) is 6.97. The molecule has 0 radical (unpaired) electrons. The number of fused-ring (bicyclic) bond motifs is 5. The summed E-state index contributed by atoms with van der Waals surface area (Å²) < 4.78 is 0. The number of piperidine rings is 1. The molecular formula is C35H62N2O2. The van der Waals surface area contributed by atoms with Crippen LogP contribution in [0.25, 0.3) is 0 Å². The van der Waals surface area contributed by atoms with Gasteiger partial charge in [0.1, 0.15) is 0 Å². The molecule has 5 saturated carbocycles. The van der Waals surface area contributed by atoms with Crippen LogP contribution in [-0.4, -0.2) is 47.6 Å². The molecule has 6 fully saturated rings.